The molecule has 33 heavy (non-hydrogen) atoms. The van der Waals surface area contributed by atoms with Crippen LogP contribution in [-0.4, -0.2) is 48.5 Å². The number of rotatable bonds is 9. The number of fused-ring (bicyclic) bond motifs is 1. The number of nitrogen functional groups attached to an aromatic ring is 1. The fourth-order valence-electron chi connectivity index (χ4n) is 5.18. The lowest BCUT2D eigenvalue weighted by Crippen LogP contribution is -2.41. The molecule has 1 atom stereocenters. The van der Waals surface area contributed by atoms with Crippen LogP contribution in [0.2, 0.25) is 5.15 Å². The van der Waals surface area contributed by atoms with E-state index in [1.54, 1.807) is 11.3 Å². The lowest BCUT2D eigenvalue weighted by Gasteiger charge is -2.36. The van der Waals surface area contributed by atoms with E-state index in [9.17, 15) is 8.42 Å². The van der Waals surface area contributed by atoms with Gasteiger partial charge < -0.3 is 10.6 Å². The molecule has 7 nitrogen and oxygen atoms in total. The third kappa shape index (κ3) is 6.45. The van der Waals surface area contributed by atoms with Gasteiger partial charge in [-0.2, -0.15) is 0 Å². The monoisotopic (exact) mass is 511 g/mol. The summed E-state index contributed by atoms with van der Waals surface area (Å²) in [5.74, 6) is 0.653. The predicted molar refractivity (Wildman–Crippen MR) is 134 cm³/mol. The first kappa shape index (κ1) is 24.9. The molecule has 1 fully saturated rings. The van der Waals surface area contributed by atoms with Crippen LogP contribution in [0.4, 0.5) is 5.13 Å². The molecule has 3 N–H and O–H groups in total. The van der Waals surface area contributed by atoms with Gasteiger partial charge in [0.05, 0.1) is 5.69 Å². The zero-order valence-corrected chi connectivity index (χ0v) is 21.6. The molecule has 0 aliphatic heterocycles. The molecule has 0 bridgehead atoms. The molecule has 10 heteroatoms. The number of nitrogens with zero attached hydrogens (tertiary/aromatic N) is 3. The molecule has 0 amide bonds. The van der Waals surface area contributed by atoms with Gasteiger partial charge in [-0.3, -0.25) is 0 Å². The van der Waals surface area contributed by atoms with Crippen LogP contribution in [0.1, 0.15) is 62.4 Å². The molecule has 1 saturated carbocycles. The number of hydrogen-bond donors (Lipinski definition) is 2. The summed E-state index contributed by atoms with van der Waals surface area (Å²) in [6.45, 7) is 4.48. The van der Waals surface area contributed by atoms with Crippen LogP contribution in [0.15, 0.2) is 23.2 Å². The van der Waals surface area contributed by atoms with Crippen molar-refractivity contribution < 1.29 is 8.42 Å². The highest BCUT2D eigenvalue weighted by molar-refractivity contribution is 7.89. The Hall–Kier alpha value is -1.26. The Morgan fingerprint density at radius 3 is 2.70 bits per heavy atom. The summed E-state index contributed by atoms with van der Waals surface area (Å²) in [5.41, 5.74) is 7.13. The predicted octanol–water partition coefficient (Wildman–Crippen LogP) is 4.27. The van der Waals surface area contributed by atoms with Crippen LogP contribution in [0.3, 0.4) is 0 Å². The van der Waals surface area contributed by atoms with Crippen LogP contribution in [0.25, 0.3) is 0 Å². The SMILES string of the molecule is CCCN(CCC1CCC(NS(=O)(=O)c2ccc(Cl)nc2)CC1)[C@@H]1CCc2nc(N)sc2C1. The second-order valence-corrected chi connectivity index (χ2v) is 12.5. The van der Waals surface area contributed by atoms with Crippen LogP contribution >= 0.6 is 22.9 Å². The minimum absolute atomic E-state index is 0.0118. The van der Waals surface area contributed by atoms with Gasteiger partial charge in [0, 0.05) is 23.2 Å². The molecular weight excluding hydrogens is 478 g/mol. The van der Waals surface area contributed by atoms with E-state index >= 15 is 0 Å². The Morgan fingerprint density at radius 2 is 2.00 bits per heavy atom. The third-order valence-electron chi connectivity index (χ3n) is 6.96. The summed E-state index contributed by atoms with van der Waals surface area (Å²) in [5, 5.41) is 0.985. The first-order valence-corrected chi connectivity index (χ1v) is 14.6. The number of aryl methyl sites for hydroxylation is 1. The number of thiazole rings is 1. The molecule has 2 aromatic heterocycles. The van der Waals surface area contributed by atoms with Crippen molar-refractivity contribution in [3.63, 3.8) is 0 Å². The zero-order valence-electron chi connectivity index (χ0n) is 19.2. The lowest BCUT2D eigenvalue weighted by molar-refractivity contribution is 0.158. The Balaban J connectivity index is 1.25. The van der Waals surface area contributed by atoms with Crippen molar-refractivity contribution >= 4 is 38.1 Å². The maximum atomic E-state index is 12.6. The van der Waals surface area contributed by atoms with E-state index < -0.39 is 10.0 Å². The summed E-state index contributed by atoms with van der Waals surface area (Å²) < 4.78 is 28.1. The van der Waals surface area contributed by atoms with Crippen molar-refractivity contribution in [2.45, 2.75) is 81.7 Å². The van der Waals surface area contributed by atoms with Crippen molar-refractivity contribution in [1.82, 2.24) is 19.6 Å². The number of halogens is 1. The van der Waals surface area contributed by atoms with E-state index in [2.05, 4.69) is 26.5 Å². The summed E-state index contributed by atoms with van der Waals surface area (Å²) in [4.78, 5) is 12.6. The first-order chi connectivity index (χ1) is 15.8. The molecule has 182 valence electrons. The van der Waals surface area contributed by atoms with Crippen LogP contribution in [0, 0.1) is 5.92 Å². The van der Waals surface area contributed by atoms with E-state index in [1.807, 2.05) is 0 Å². The second kappa shape index (κ2) is 11.0. The molecule has 0 radical (unpaired) electrons. The summed E-state index contributed by atoms with van der Waals surface area (Å²) in [6.07, 6.45) is 10.8. The number of nitrogens with one attached hydrogen (secondary N) is 1. The van der Waals surface area contributed by atoms with Gasteiger partial charge in [0.2, 0.25) is 10.0 Å². The number of anilines is 1. The van der Waals surface area contributed by atoms with Crippen molar-refractivity contribution in [2.75, 3.05) is 18.8 Å². The molecule has 0 unspecified atom stereocenters. The van der Waals surface area contributed by atoms with E-state index in [4.69, 9.17) is 17.3 Å². The average molecular weight is 512 g/mol. The van der Waals surface area contributed by atoms with E-state index in [-0.39, 0.29) is 16.1 Å². The summed E-state index contributed by atoms with van der Waals surface area (Å²) in [6, 6.07) is 3.57. The Kier molecular flexibility index (Phi) is 8.28. The molecule has 2 aromatic rings. The molecule has 2 aliphatic rings. The normalized spacial score (nSPS) is 23.5. The topological polar surface area (TPSA) is 101 Å². The molecule has 2 heterocycles. The Morgan fingerprint density at radius 1 is 1.21 bits per heavy atom. The van der Waals surface area contributed by atoms with E-state index in [0.717, 1.165) is 64.5 Å². The zero-order chi connectivity index (χ0) is 23.4. The van der Waals surface area contributed by atoms with Crippen molar-refractivity contribution in [1.29, 1.82) is 0 Å². The van der Waals surface area contributed by atoms with Gasteiger partial charge in [0.25, 0.3) is 0 Å². The average Bonchev–Trinajstić information content (AvgIpc) is 3.17. The summed E-state index contributed by atoms with van der Waals surface area (Å²) in [7, 11) is -3.56. The lowest BCUT2D eigenvalue weighted by atomic mass is 9.84. The minimum Gasteiger partial charge on any atom is -0.375 e. The van der Waals surface area contributed by atoms with Crippen molar-refractivity contribution in [2.24, 2.45) is 5.92 Å². The fraction of sp³-hybridized carbons (Fsp3) is 0.652. The second-order valence-electron chi connectivity index (χ2n) is 9.30. The van der Waals surface area contributed by atoms with Gasteiger partial charge >= 0.3 is 0 Å². The van der Waals surface area contributed by atoms with Crippen LogP contribution in [-0.2, 0) is 22.9 Å². The molecule has 0 aromatic carbocycles. The molecule has 4 rings (SSSR count). The van der Waals surface area contributed by atoms with Crippen LogP contribution < -0.4 is 10.5 Å². The van der Waals surface area contributed by atoms with Crippen LogP contribution in [0.5, 0.6) is 0 Å². The smallest absolute Gasteiger partial charge is 0.242 e. The number of nitrogens with two attached hydrogens (primary N) is 1. The molecule has 0 spiro atoms. The number of hydrogen-bond acceptors (Lipinski definition) is 7. The van der Waals surface area contributed by atoms with Crippen molar-refractivity contribution in [3.8, 4) is 0 Å². The van der Waals surface area contributed by atoms with Gasteiger partial charge in [-0.1, -0.05) is 18.5 Å². The number of pyridine rings is 1. The van der Waals surface area contributed by atoms with Gasteiger partial charge in [-0.25, -0.2) is 23.1 Å². The molecule has 2 aliphatic carbocycles. The number of aromatic nitrogens is 2. The van der Waals surface area contributed by atoms with Gasteiger partial charge in [-0.05, 0) is 88.9 Å². The largest absolute Gasteiger partial charge is 0.375 e. The first-order valence-electron chi connectivity index (χ1n) is 12.0. The minimum atomic E-state index is -3.56. The standard InChI is InChI=1S/C23H34ClN5O2S2/c1-2-12-29(18-7-9-20-21(14-18)32-23(25)27-20)13-11-16-3-5-17(6-4-16)28-33(30,31)19-8-10-22(24)26-15-19/h8,10,15-18,28H,2-7,9,11-14H2,1H3,(H2,25,27)/t16?,17?,18-/m1/s1. The van der Waals surface area contributed by atoms with Gasteiger partial charge in [0.1, 0.15) is 10.0 Å². The van der Waals surface area contributed by atoms with Crippen molar-refractivity contribution in [3.05, 3.63) is 34.1 Å². The third-order valence-corrected chi connectivity index (χ3v) is 9.64. The molecule has 0 saturated heterocycles. The van der Waals surface area contributed by atoms with Gasteiger partial charge in [0.15, 0.2) is 5.13 Å². The Bertz CT molecular complexity index is 1020. The Labute approximate surface area is 206 Å². The summed E-state index contributed by atoms with van der Waals surface area (Å²) >= 11 is 7.43. The molecular formula is C23H34ClN5O2S2. The maximum absolute atomic E-state index is 12.6. The van der Waals surface area contributed by atoms with E-state index in [0.29, 0.717) is 17.1 Å². The quantitative estimate of drug-likeness (QED) is 0.487. The highest BCUT2D eigenvalue weighted by atomic mass is 35.5. The maximum Gasteiger partial charge on any atom is 0.242 e. The highest BCUT2D eigenvalue weighted by Gasteiger charge is 2.29. The highest BCUT2D eigenvalue weighted by Crippen LogP contribution is 2.32. The number of sulfonamides is 1. The fourth-order valence-corrected chi connectivity index (χ4v) is 7.49. The van der Waals surface area contributed by atoms with Gasteiger partial charge in [-0.15, -0.1) is 11.3 Å². The van der Waals surface area contributed by atoms with E-state index in [1.165, 1.54) is 35.3 Å².